The Morgan fingerprint density at radius 3 is 2.50 bits per heavy atom. The molecule has 8 nitrogen and oxygen atoms in total. The first-order valence-electron chi connectivity index (χ1n) is 9.68. The van der Waals surface area contributed by atoms with Crippen LogP contribution in [-0.4, -0.2) is 39.0 Å². The summed E-state index contributed by atoms with van der Waals surface area (Å²) in [7, 11) is 0. The molecule has 2 heterocycles. The van der Waals surface area contributed by atoms with E-state index in [9.17, 15) is 37.9 Å². The molecule has 3 aromatic rings. The van der Waals surface area contributed by atoms with Crippen LogP contribution < -0.4 is 10.9 Å². The zero-order valence-corrected chi connectivity index (χ0v) is 17.8. The van der Waals surface area contributed by atoms with E-state index >= 15 is 0 Å². The number of rotatable bonds is 4. The third kappa shape index (κ3) is 3.94. The fraction of sp³-hybridized carbons (Fsp3) is 0.182. The van der Waals surface area contributed by atoms with Crippen molar-refractivity contribution in [2.75, 3.05) is 12.3 Å². The molecular weight excluding hydrogens is 475 g/mol. The first-order chi connectivity index (χ1) is 16.0. The van der Waals surface area contributed by atoms with Crippen molar-refractivity contribution in [1.82, 2.24) is 9.88 Å². The number of aromatic hydroxyl groups is 1. The summed E-state index contributed by atoms with van der Waals surface area (Å²) in [5, 5.41) is 31.0. The van der Waals surface area contributed by atoms with E-state index in [1.165, 1.54) is 40.6 Å². The van der Waals surface area contributed by atoms with Crippen LogP contribution in [0.1, 0.15) is 33.1 Å². The molecule has 1 atom stereocenters. The molecule has 1 amide bonds. The van der Waals surface area contributed by atoms with Crippen LogP contribution in [0.25, 0.3) is 10.9 Å². The van der Waals surface area contributed by atoms with E-state index in [1.54, 1.807) is 0 Å². The van der Waals surface area contributed by atoms with Gasteiger partial charge in [0.15, 0.2) is 0 Å². The Morgan fingerprint density at radius 1 is 1.24 bits per heavy atom. The van der Waals surface area contributed by atoms with Crippen LogP contribution in [0.3, 0.4) is 0 Å². The minimum atomic E-state index is -4.54. The van der Waals surface area contributed by atoms with Crippen molar-refractivity contribution in [1.29, 1.82) is 5.26 Å². The number of hydrogen-bond acceptors (Lipinski definition) is 6. The second kappa shape index (κ2) is 8.42. The number of carboxylic acids is 1. The smallest absolute Gasteiger partial charge is 0.416 e. The molecule has 1 unspecified atom stereocenters. The Hall–Kier alpha value is -3.98. The summed E-state index contributed by atoms with van der Waals surface area (Å²) in [6.07, 6.45) is -4.54. The van der Waals surface area contributed by atoms with Gasteiger partial charge in [-0.25, -0.2) is 0 Å². The second-order valence-electron chi connectivity index (χ2n) is 7.40. The Balaban J connectivity index is 1.97. The van der Waals surface area contributed by atoms with Gasteiger partial charge in [-0.2, -0.15) is 18.4 Å². The van der Waals surface area contributed by atoms with Crippen molar-refractivity contribution in [3.05, 3.63) is 69.0 Å². The number of halogens is 3. The lowest BCUT2D eigenvalue weighted by Crippen LogP contribution is -2.38. The maximum absolute atomic E-state index is 13.4. The van der Waals surface area contributed by atoms with E-state index in [2.05, 4.69) is 0 Å². The molecule has 34 heavy (non-hydrogen) atoms. The molecule has 3 N–H and O–H groups in total. The van der Waals surface area contributed by atoms with Crippen LogP contribution in [0.2, 0.25) is 0 Å². The fourth-order valence-electron chi connectivity index (χ4n) is 3.80. The molecule has 174 valence electrons. The van der Waals surface area contributed by atoms with E-state index in [0.717, 1.165) is 12.1 Å². The highest BCUT2D eigenvalue weighted by molar-refractivity contribution is 7.99. The third-order valence-corrected chi connectivity index (χ3v) is 6.43. The van der Waals surface area contributed by atoms with Crippen LogP contribution >= 0.6 is 11.8 Å². The molecule has 0 bridgehead atoms. The molecule has 0 radical (unpaired) electrons. The van der Waals surface area contributed by atoms with E-state index in [-0.39, 0.29) is 22.2 Å². The maximum atomic E-state index is 13.4. The number of carbonyl (C=O) groups excluding carboxylic acids is 1. The lowest BCUT2D eigenvalue weighted by atomic mass is 10.0. The normalized spacial score (nSPS) is 15.1. The molecule has 0 saturated carbocycles. The monoisotopic (exact) mass is 489 g/mol. The molecule has 0 spiro atoms. The van der Waals surface area contributed by atoms with Crippen molar-refractivity contribution in [2.45, 2.75) is 17.1 Å². The van der Waals surface area contributed by atoms with Gasteiger partial charge in [-0.1, -0.05) is 12.1 Å². The predicted octanol–water partition coefficient (Wildman–Crippen LogP) is 3.11. The Morgan fingerprint density at radius 2 is 1.91 bits per heavy atom. The van der Waals surface area contributed by atoms with E-state index in [0.29, 0.717) is 10.5 Å². The summed E-state index contributed by atoms with van der Waals surface area (Å²) in [6, 6.07) is 8.17. The number of thioether (sulfide) groups is 1. The number of nitrogens with one attached hydrogen (secondary N) is 1. The minimum absolute atomic E-state index is 0.0123. The third-order valence-electron chi connectivity index (χ3n) is 5.33. The van der Waals surface area contributed by atoms with Gasteiger partial charge in [0, 0.05) is 16.0 Å². The van der Waals surface area contributed by atoms with Crippen molar-refractivity contribution in [3.63, 3.8) is 0 Å². The lowest BCUT2D eigenvalue weighted by Gasteiger charge is -2.29. The van der Waals surface area contributed by atoms with Gasteiger partial charge < -0.3 is 15.5 Å². The predicted molar refractivity (Wildman–Crippen MR) is 115 cm³/mol. The van der Waals surface area contributed by atoms with Crippen molar-refractivity contribution >= 4 is 34.5 Å². The average molecular weight is 489 g/mol. The van der Waals surface area contributed by atoms with Gasteiger partial charge in [0.05, 0.1) is 28.8 Å². The Labute approximate surface area is 193 Å². The summed E-state index contributed by atoms with van der Waals surface area (Å²) >= 11 is 1.25. The first kappa shape index (κ1) is 23.2. The first-order valence-corrected chi connectivity index (χ1v) is 10.7. The molecule has 0 fully saturated rings. The van der Waals surface area contributed by atoms with Gasteiger partial charge in [0.2, 0.25) is 0 Å². The number of nitrogens with zero attached hydrogens (tertiary/aromatic N) is 2. The summed E-state index contributed by atoms with van der Waals surface area (Å²) < 4.78 is 40.2. The molecule has 1 aliphatic rings. The Kier molecular flexibility index (Phi) is 5.74. The van der Waals surface area contributed by atoms with Gasteiger partial charge >= 0.3 is 12.1 Å². The number of carbonyl (C=O) groups is 2. The standard InChI is InChI=1S/C22H14F3N3O5S/c23-22(24,25)12-3-1-11(2-4-12)14-9-34-15-6-10(7-26)5-13-18(15)28(14)21(33)17(19(13)31)20(32)27-8-16(29)30/h1-6,14,31H,8-9H2,(H,27,32)(H,29,30). The summed E-state index contributed by atoms with van der Waals surface area (Å²) in [5.41, 5.74) is -1.79. The minimum Gasteiger partial charge on any atom is -0.506 e. The average Bonchev–Trinajstić information content (AvgIpc) is 2.80. The van der Waals surface area contributed by atoms with Crippen LogP contribution in [0.4, 0.5) is 13.2 Å². The summed E-state index contributed by atoms with van der Waals surface area (Å²) in [5.74, 6) is -3.03. The van der Waals surface area contributed by atoms with Gasteiger partial charge in [-0.05, 0) is 29.8 Å². The molecule has 0 aliphatic carbocycles. The SMILES string of the molecule is N#Cc1cc2c3c(c1)c(O)c(C(=O)NCC(=O)O)c(=O)n3C(c1ccc(C(F)(F)F)cc1)CS2. The highest BCUT2D eigenvalue weighted by Gasteiger charge is 2.33. The molecule has 2 aromatic carbocycles. The summed E-state index contributed by atoms with van der Waals surface area (Å²) in [4.78, 5) is 37.3. The molecule has 1 aliphatic heterocycles. The maximum Gasteiger partial charge on any atom is 0.416 e. The number of aromatic nitrogens is 1. The van der Waals surface area contributed by atoms with E-state index < -0.39 is 53.1 Å². The topological polar surface area (TPSA) is 132 Å². The Bertz CT molecular complexity index is 1440. The fourth-order valence-corrected chi connectivity index (χ4v) is 5.03. The number of alkyl halides is 3. The second-order valence-corrected chi connectivity index (χ2v) is 8.47. The van der Waals surface area contributed by atoms with Crippen LogP contribution in [-0.2, 0) is 11.0 Å². The van der Waals surface area contributed by atoms with Gasteiger partial charge in [-0.3, -0.25) is 19.0 Å². The van der Waals surface area contributed by atoms with Crippen LogP contribution in [0.5, 0.6) is 5.75 Å². The van der Waals surface area contributed by atoms with Crippen LogP contribution in [0.15, 0.2) is 46.1 Å². The van der Waals surface area contributed by atoms with Crippen molar-refractivity contribution in [2.24, 2.45) is 0 Å². The highest BCUT2D eigenvalue weighted by Crippen LogP contribution is 2.42. The summed E-state index contributed by atoms with van der Waals surface area (Å²) in [6.45, 7) is -0.808. The van der Waals surface area contributed by atoms with E-state index in [4.69, 9.17) is 5.11 Å². The molecule has 4 rings (SSSR count). The van der Waals surface area contributed by atoms with Crippen molar-refractivity contribution < 1.29 is 33.0 Å². The molecule has 12 heteroatoms. The number of carboxylic acid groups (broad SMARTS) is 1. The number of pyridine rings is 1. The van der Waals surface area contributed by atoms with Crippen molar-refractivity contribution in [3.8, 4) is 11.8 Å². The highest BCUT2D eigenvalue weighted by atomic mass is 32.2. The zero-order valence-electron chi connectivity index (χ0n) is 17.0. The number of nitriles is 1. The van der Waals surface area contributed by atoms with Gasteiger partial charge in [-0.15, -0.1) is 11.8 Å². The van der Waals surface area contributed by atoms with E-state index in [1.807, 2.05) is 11.4 Å². The number of aliphatic carboxylic acids is 1. The molecular formula is C22H14F3N3O5S. The quantitative estimate of drug-likeness (QED) is 0.513. The van der Waals surface area contributed by atoms with Crippen LogP contribution in [0, 0.1) is 11.3 Å². The number of amides is 1. The molecule has 0 saturated heterocycles. The number of hydrogen-bond donors (Lipinski definition) is 3. The van der Waals surface area contributed by atoms with Gasteiger partial charge in [0.1, 0.15) is 17.9 Å². The lowest BCUT2D eigenvalue weighted by molar-refractivity contribution is -0.138. The molecule has 1 aromatic heterocycles. The zero-order chi connectivity index (χ0) is 24.8. The van der Waals surface area contributed by atoms with Gasteiger partial charge in [0.25, 0.3) is 11.5 Å². The number of benzene rings is 2. The largest absolute Gasteiger partial charge is 0.506 e.